The van der Waals surface area contributed by atoms with Gasteiger partial charge in [0.05, 0.1) is 34.6 Å². The zero-order valence-corrected chi connectivity index (χ0v) is 29.9. The van der Waals surface area contributed by atoms with E-state index >= 15 is 4.79 Å². The van der Waals surface area contributed by atoms with Crippen LogP contribution in [0.3, 0.4) is 0 Å². The number of carbonyl (C=O) groups is 2. The Morgan fingerprint density at radius 2 is 1.72 bits per heavy atom. The molecule has 258 valence electrons. The van der Waals surface area contributed by atoms with Crippen LogP contribution in [0.25, 0.3) is 0 Å². The van der Waals surface area contributed by atoms with E-state index in [4.69, 9.17) is 23.2 Å². The number of likely N-dealkylation sites (N-methyl/N-ethyl adjacent to an activating group) is 1. The van der Waals surface area contributed by atoms with E-state index in [1.165, 1.54) is 4.31 Å². The van der Waals surface area contributed by atoms with E-state index in [0.717, 1.165) is 11.1 Å². The molecule has 2 aliphatic heterocycles. The maximum atomic E-state index is 15.2. The molecule has 47 heavy (non-hydrogen) atoms. The minimum absolute atomic E-state index is 0.0164. The lowest BCUT2D eigenvalue weighted by Gasteiger charge is -2.53. The minimum atomic E-state index is -3.56. The lowest BCUT2D eigenvalue weighted by atomic mass is 9.64. The standard InChI is InChI=1S/C33H43Cl2N3O7S2/c1-3-27(22-36(2)47(44,45)28-11-12-28)38-31(23-7-9-25(34)10-8-23)29(24-5-4-6-26(35)19-24)20-33(32(38)41,21-30(39)40)13-14-37-15-17-46(42,43)18-16-37/h4-10,19,27-29,31H,3,11-18,20-22H2,1-2H3,(H,39,40)/t27?,29?,31-,33-/m1/s1. The molecule has 10 nitrogen and oxygen atoms in total. The Labute approximate surface area is 288 Å². The van der Waals surface area contributed by atoms with E-state index < -0.39 is 60.9 Å². The molecule has 0 aromatic heterocycles. The van der Waals surface area contributed by atoms with Crippen LogP contribution in [-0.2, 0) is 29.4 Å². The van der Waals surface area contributed by atoms with Crippen molar-refractivity contribution in [2.24, 2.45) is 5.41 Å². The number of rotatable bonds is 13. The number of sulfonamides is 1. The molecule has 1 aliphatic carbocycles. The molecular formula is C33H43Cl2N3O7S2. The summed E-state index contributed by atoms with van der Waals surface area (Å²) in [6.07, 6.45) is 1.62. The molecule has 2 heterocycles. The summed E-state index contributed by atoms with van der Waals surface area (Å²) in [7, 11) is -5.14. The minimum Gasteiger partial charge on any atom is -0.481 e. The number of benzene rings is 2. The molecule has 5 rings (SSSR count). The topological polar surface area (TPSA) is 132 Å². The Bertz CT molecular complexity index is 1670. The summed E-state index contributed by atoms with van der Waals surface area (Å²) in [4.78, 5) is 31.5. The van der Waals surface area contributed by atoms with Crippen molar-refractivity contribution in [1.82, 2.24) is 14.1 Å². The highest BCUT2D eigenvalue weighted by Crippen LogP contribution is 2.54. The number of hydrogen-bond donors (Lipinski definition) is 1. The van der Waals surface area contributed by atoms with Crippen molar-refractivity contribution in [1.29, 1.82) is 0 Å². The first-order valence-electron chi connectivity index (χ1n) is 16.1. The number of hydrogen-bond acceptors (Lipinski definition) is 7. The molecule has 3 fully saturated rings. The molecular weight excluding hydrogens is 685 g/mol. The van der Waals surface area contributed by atoms with Crippen molar-refractivity contribution in [2.45, 2.75) is 68.7 Å². The van der Waals surface area contributed by atoms with Crippen LogP contribution in [0.4, 0.5) is 0 Å². The number of halogens is 2. The summed E-state index contributed by atoms with van der Waals surface area (Å²) in [6.45, 7) is 2.94. The first-order chi connectivity index (χ1) is 22.2. The highest BCUT2D eigenvalue weighted by atomic mass is 35.5. The average molecular weight is 729 g/mol. The van der Waals surface area contributed by atoms with Gasteiger partial charge >= 0.3 is 5.97 Å². The first kappa shape index (κ1) is 36.1. The summed E-state index contributed by atoms with van der Waals surface area (Å²) in [5.74, 6) is -1.82. The van der Waals surface area contributed by atoms with Crippen molar-refractivity contribution >= 4 is 54.9 Å². The first-order valence-corrected chi connectivity index (χ1v) is 20.2. The molecule has 2 unspecified atom stereocenters. The van der Waals surface area contributed by atoms with Crippen LogP contribution in [0.2, 0.25) is 10.0 Å². The van der Waals surface area contributed by atoms with E-state index in [0.29, 0.717) is 48.9 Å². The van der Waals surface area contributed by atoms with Gasteiger partial charge in [0.2, 0.25) is 15.9 Å². The normalized spacial score (nSPS) is 26.0. The number of nitrogens with zero attached hydrogens (tertiary/aromatic N) is 3. The van der Waals surface area contributed by atoms with Crippen LogP contribution in [0.15, 0.2) is 48.5 Å². The van der Waals surface area contributed by atoms with Crippen LogP contribution in [0, 0.1) is 5.41 Å². The Hall–Kier alpha value is -2.22. The van der Waals surface area contributed by atoms with Crippen LogP contribution < -0.4 is 0 Å². The molecule has 1 amide bonds. The fourth-order valence-electron chi connectivity index (χ4n) is 7.21. The molecule has 2 aromatic rings. The Morgan fingerprint density at radius 3 is 2.30 bits per heavy atom. The monoisotopic (exact) mass is 727 g/mol. The van der Waals surface area contributed by atoms with Gasteiger partial charge in [-0.05, 0) is 74.0 Å². The number of piperidine rings is 1. The Morgan fingerprint density at radius 1 is 1.06 bits per heavy atom. The summed E-state index contributed by atoms with van der Waals surface area (Å²) in [5, 5.41) is 10.9. The van der Waals surface area contributed by atoms with Gasteiger partial charge in [0, 0.05) is 48.7 Å². The van der Waals surface area contributed by atoms with Gasteiger partial charge in [-0.15, -0.1) is 0 Å². The summed E-state index contributed by atoms with van der Waals surface area (Å²) in [5.41, 5.74) is 0.283. The van der Waals surface area contributed by atoms with E-state index in [2.05, 4.69) is 0 Å². The highest BCUT2D eigenvalue weighted by molar-refractivity contribution is 7.91. The third-order valence-corrected chi connectivity index (χ3v) is 14.4. The van der Waals surface area contributed by atoms with Crippen LogP contribution in [0.1, 0.15) is 68.5 Å². The number of sulfone groups is 1. The number of carboxylic acids is 1. The van der Waals surface area contributed by atoms with Gasteiger partial charge in [-0.1, -0.05) is 54.4 Å². The van der Waals surface area contributed by atoms with Gasteiger partial charge in [0.15, 0.2) is 9.84 Å². The summed E-state index contributed by atoms with van der Waals surface area (Å²) >= 11 is 12.8. The van der Waals surface area contributed by atoms with Crippen molar-refractivity contribution in [3.63, 3.8) is 0 Å². The summed E-state index contributed by atoms with van der Waals surface area (Å²) in [6, 6.07) is 13.5. The van der Waals surface area contributed by atoms with Gasteiger partial charge in [0.1, 0.15) is 0 Å². The van der Waals surface area contributed by atoms with E-state index in [1.54, 1.807) is 30.1 Å². The zero-order chi connectivity index (χ0) is 34.1. The number of carboxylic acid groups (broad SMARTS) is 1. The Balaban J connectivity index is 1.63. The number of likely N-dealkylation sites (tertiary alicyclic amines) is 1. The van der Waals surface area contributed by atoms with Gasteiger partial charge in [-0.25, -0.2) is 21.1 Å². The smallest absolute Gasteiger partial charge is 0.304 e. The Kier molecular flexibility index (Phi) is 11.0. The number of carbonyl (C=O) groups excluding carboxylic acids is 1. The second-order valence-electron chi connectivity index (χ2n) is 13.3. The van der Waals surface area contributed by atoms with E-state index in [1.807, 2.05) is 42.2 Å². The van der Waals surface area contributed by atoms with Crippen LogP contribution in [0.5, 0.6) is 0 Å². The van der Waals surface area contributed by atoms with Crippen molar-refractivity contribution in [3.05, 3.63) is 69.7 Å². The molecule has 14 heteroatoms. The molecule has 3 aliphatic rings. The van der Waals surface area contributed by atoms with Crippen molar-refractivity contribution in [2.75, 3.05) is 44.7 Å². The summed E-state index contributed by atoms with van der Waals surface area (Å²) < 4.78 is 52.1. The third-order valence-electron chi connectivity index (χ3n) is 10.0. The largest absolute Gasteiger partial charge is 0.481 e. The second-order valence-corrected chi connectivity index (χ2v) is 18.8. The average Bonchev–Trinajstić information content (AvgIpc) is 3.87. The van der Waals surface area contributed by atoms with Crippen molar-refractivity contribution in [3.8, 4) is 0 Å². The molecule has 4 atom stereocenters. The van der Waals surface area contributed by atoms with Crippen molar-refractivity contribution < 1.29 is 31.5 Å². The lowest BCUT2D eigenvalue weighted by molar-refractivity contribution is -0.163. The molecule has 2 aromatic carbocycles. The fourth-order valence-corrected chi connectivity index (χ4v) is 10.4. The number of amides is 1. The zero-order valence-electron chi connectivity index (χ0n) is 26.7. The molecule has 1 saturated carbocycles. The maximum absolute atomic E-state index is 15.2. The number of aliphatic carboxylic acids is 1. The van der Waals surface area contributed by atoms with Gasteiger partial charge in [-0.3, -0.25) is 9.59 Å². The van der Waals surface area contributed by atoms with E-state index in [9.17, 15) is 26.7 Å². The van der Waals surface area contributed by atoms with Gasteiger partial charge < -0.3 is 14.9 Å². The molecule has 0 spiro atoms. The van der Waals surface area contributed by atoms with Gasteiger partial charge in [0.25, 0.3) is 0 Å². The van der Waals surface area contributed by atoms with Crippen LogP contribution >= 0.6 is 23.2 Å². The highest BCUT2D eigenvalue weighted by Gasteiger charge is 2.55. The predicted molar refractivity (Wildman–Crippen MR) is 183 cm³/mol. The maximum Gasteiger partial charge on any atom is 0.304 e. The molecule has 1 N–H and O–H groups in total. The third kappa shape index (κ3) is 8.16. The quantitative estimate of drug-likeness (QED) is 0.310. The second kappa shape index (κ2) is 14.3. The molecule has 0 bridgehead atoms. The molecule has 2 saturated heterocycles. The van der Waals surface area contributed by atoms with Crippen LogP contribution in [-0.4, -0.2) is 104 Å². The SMILES string of the molecule is CCC(CN(C)S(=O)(=O)C1CC1)N1C(=O)[C@@](CCN2CCS(=O)(=O)CC2)(CC(=O)O)CC(c2cccc(Cl)c2)[C@H]1c1ccc(Cl)cc1. The molecule has 0 radical (unpaired) electrons. The fraction of sp³-hybridized carbons (Fsp3) is 0.576. The van der Waals surface area contributed by atoms with E-state index in [-0.39, 0.29) is 36.8 Å². The lowest BCUT2D eigenvalue weighted by Crippen LogP contribution is -2.59. The predicted octanol–water partition coefficient (Wildman–Crippen LogP) is 4.83. The van der Waals surface area contributed by atoms with Gasteiger partial charge in [-0.2, -0.15) is 0 Å².